The van der Waals surface area contributed by atoms with E-state index >= 15 is 0 Å². The molecule has 0 bridgehead atoms. The van der Waals surface area contributed by atoms with Crippen molar-refractivity contribution in [1.82, 2.24) is 14.6 Å². The lowest BCUT2D eigenvalue weighted by Crippen LogP contribution is -2.00. The summed E-state index contributed by atoms with van der Waals surface area (Å²) >= 11 is 1.54. The Kier molecular flexibility index (Phi) is 4.16. The van der Waals surface area contributed by atoms with Gasteiger partial charge >= 0.3 is 0 Å². The van der Waals surface area contributed by atoms with Crippen LogP contribution in [0.3, 0.4) is 0 Å². The molecule has 0 amide bonds. The summed E-state index contributed by atoms with van der Waals surface area (Å²) in [4.78, 5) is 5.39. The highest BCUT2D eigenvalue weighted by molar-refractivity contribution is 7.20. The third kappa shape index (κ3) is 3.07. The molecule has 0 saturated heterocycles. The minimum atomic E-state index is 0.289. The molecule has 0 aliphatic carbocycles. The smallest absolute Gasteiger partial charge is 0.231 e. The van der Waals surface area contributed by atoms with Gasteiger partial charge in [0.15, 0.2) is 11.5 Å². The van der Waals surface area contributed by atoms with Crippen molar-refractivity contribution in [2.45, 2.75) is 26.3 Å². The van der Waals surface area contributed by atoms with Crippen LogP contribution in [0.25, 0.3) is 16.2 Å². The number of hydrogen-bond acceptors (Lipinski definition) is 6. The molecule has 2 aromatic heterocycles. The highest BCUT2D eigenvalue weighted by atomic mass is 32.1. The molecule has 0 fully saturated rings. The van der Waals surface area contributed by atoms with Crippen LogP contribution in [-0.4, -0.2) is 21.4 Å². The van der Waals surface area contributed by atoms with E-state index in [0.717, 1.165) is 38.4 Å². The van der Waals surface area contributed by atoms with Gasteiger partial charge < -0.3 is 14.8 Å². The van der Waals surface area contributed by atoms with Gasteiger partial charge in [0, 0.05) is 12.1 Å². The molecule has 7 heteroatoms. The molecule has 0 radical (unpaired) electrons. The molecule has 0 unspecified atom stereocenters. The number of nitrogens with one attached hydrogen (secondary N) is 1. The second kappa shape index (κ2) is 6.83. The van der Waals surface area contributed by atoms with Crippen LogP contribution < -0.4 is 14.8 Å². The van der Waals surface area contributed by atoms with E-state index in [1.54, 1.807) is 0 Å². The highest BCUT2D eigenvalue weighted by Gasteiger charge is 2.14. The quantitative estimate of drug-likeness (QED) is 0.522. The first-order valence-corrected chi connectivity index (χ1v) is 10.1. The lowest BCUT2D eigenvalue weighted by molar-refractivity contribution is 0.174. The number of ether oxygens (including phenoxy) is 2. The molecular formula is C21H20N4O2S. The van der Waals surface area contributed by atoms with Crippen LogP contribution in [0.5, 0.6) is 11.5 Å². The van der Waals surface area contributed by atoms with Crippen LogP contribution in [0.4, 0.5) is 5.13 Å². The summed E-state index contributed by atoms with van der Waals surface area (Å²) in [5.74, 6) is 2.11. The molecule has 1 aliphatic heterocycles. The van der Waals surface area contributed by atoms with Gasteiger partial charge in [0.1, 0.15) is 0 Å². The largest absolute Gasteiger partial charge is 0.454 e. The number of aromatic nitrogens is 3. The average Bonchev–Trinajstić information content (AvgIpc) is 3.41. The lowest BCUT2D eigenvalue weighted by atomic mass is 10.0. The third-order valence-corrected chi connectivity index (χ3v) is 5.72. The van der Waals surface area contributed by atoms with Gasteiger partial charge in [0.05, 0.1) is 11.9 Å². The van der Waals surface area contributed by atoms with Crippen LogP contribution in [0.15, 0.2) is 48.7 Å². The summed E-state index contributed by atoms with van der Waals surface area (Å²) in [6.07, 6.45) is 1.88. The van der Waals surface area contributed by atoms with Crippen molar-refractivity contribution in [2.75, 3.05) is 12.1 Å². The van der Waals surface area contributed by atoms with E-state index in [2.05, 4.69) is 48.4 Å². The lowest BCUT2D eigenvalue weighted by Gasteiger charge is -2.06. The van der Waals surface area contributed by atoms with Crippen molar-refractivity contribution >= 4 is 21.4 Å². The van der Waals surface area contributed by atoms with Gasteiger partial charge in [-0.15, -0.1) is 5.10 Å². The molecule has 142 valence electrons. The van der Waals surface area contributed by atoms with E-state index in [-0.39, 0.29) is 6.79 Å². The first-order valence-electron chi connectivity index (χ1n) is 9.25. The summed E-state index contributed by atoms with van der Waals surface area (Å²) in [6.45, 7) is 5.34. The Morgan fingerprint density at radius 1 is 1.11 bits per heavy atom. The van der Waals surface area contributed by atoms with E-state index < -0.39 is 0 Å². The van der Waals surface area contributed by atoms with Gasteiger partial charge in [-0.3, -0.25) is 0 Å². The Morgan fingerprint density at radius 2 is 1.93 bits per heavy atom. The van der Waals surface area contributed by atoms with Gasteiger partial charge in [-0.25, -0.2) is 9.50 Å². The first-order chi connectivity index (χ1) is 13.7. The molecule has 6 nitrogen and oxygen atoms in total. The zero-order chi connectivity index (χ0) is 19.1. The number of hydrogen-bond donors (Lipinski definition) is 1. The Labute approximate surface area is 166 Å². The van der Waals surface area contributed by atoms with E-state index in [4.69, 9.17) is 14.6 Å². The van der Waals surface area contributed by atoms with E-state index in [0.29, 0.717) is 12.5 Å². The van der Waals surface area contributed by atoms with Gasteiger partial charge in [-0.05, 0) is 29.2 Å². The Hall–Kier alpha value is -3.06. The number of rotatable bonds is 5. The van der Waals surface area contributed by atoms with Crippen LogP contribution in [0.2, 0.25) is 0 Å². The molecule has 0 spiro atoms. The topological polar surface area (TPSA) is 60.7 Å². The van der Waals surface area contributed by atoms with Crippen molar-refractivity contribution in [2.24, 2.45) is 0 Å². The van der Waals surface area contributed by atoms with Crippen molar-refractivity contribution < 1.29 is 9.47 Å². The number of imidazole rings is 1. The molecule has 3 heterocycles. The minimum absolute atomic E-state index is 0.289. The standard InChI is InChI=1S/C21H20N4O2S/c1-13(2)15-4-6-16(7-5-15)17-11-23-21-25(17)24-20(28-21)22-10-14-3-8-18-19(9-14)27-12-26-18/h3-9,11,13H,10,12H2,1-2H3,(H,22,24). The number of benzene rings is 2. The molecule has 1 aliphatic rings. The molecule has 0 saturated carbocycles. The van der Waals surface area contributed by atoms with Crippen molar-refractivity contribution in [3.8, 4) is 22.8 Å². The van der Waals surface area contributed by atoms with Crippen LogP contribution in [0, 0.1) is 0 Å². The Balaban J connectivity index is 1.36. The van der Waals surface area contributed by atoms with Gasteiger partial charge in [0.2, 0.25) is 16.9 Å². The predicted octanol–water partition coefficient (Wildman–Crippen LogP) is 4.92. The molecule has 1 N–H and O–H groups in total. The average molecular weight is 392 g/mol. The van der Waals surface area contributed by atoms with E-state index in [1.165, 1.54) is 16.9 Å². The Bertz CT molecular complexity index is 1130. The summed E-state index contributed by atoms with van der Waals surface area (Å²) in [5, 5.41) is 8.91. The normalized spacial score (nSPS) is 12.8. The summed E-state index contributed by atoms with van der Waals surface area (Å²) in [6, 6.07) is 14.6. The second-order valence-corrected chi connectivity index (χ2v) is 8.02. The zero-order valence-corrected chi connectivity index (χ0v) is 16.5. The molecule has 2 aromatic carbocycles. The molecule has 5 rings (SSSR count). The van der Waals surface area contributed by atoms with Crippen LogP contribution in [0.1, 0.15) is 30.9 Å². The maximum Gasteiger partial charge on any atom is 0.231 e. The molecule has 28 heavy (non-hydrogen) atoms. The third-order valence-electron chi connectivity index (χ3n) is 4.84. The predicted molar refractivity (Wildman–Crippen MR) is 110 cm³/mol. The minimum Gasteiger partial charge on any atom is -0.454 e. The fraction of sp³-hybridized carbons (Fsp3) is 0.238. The molecule has 4 aromatic rings. The van der Waals surface area contributed by atoms with E-state index in [9.17, 15) is 0 Å². The van der Waals surface area contributed by atoms with Gasteiger partial charge in [-0.2, -0.15) is 0 Å². The second-order valence-electron chi connectivity index (χ2n) is 7.06. The maximum atomic E-state index is 5.44. The van der Waals surface area contributed by atoms with Crippen molar-refractivity contribution in [3.63, 3.8) is 0 Å². The van der Waals surface area contributed by atoms with Gasteiger partial charge in [-0.1, -0.05) is 55.5 Å². The zero-order valence-electron chi connectivity index (χ0n) is 15.7. The fourth-order valence-electron chi connectivity index (χ4n) is 3.23. The van der Waals surface area contributed by atoms with Crippen molar-refractivity contribution in [1.29, 1.82) is 0 Å². The molecular weight excluding hydrogens is 372 g/mol. The summed E-state index contributed by atoms with van der Waals surface area (Å²) in [5.41, 5.74) is 4.55. The van der Waals surface area contributed by atoms with Crippen molar-refractivity contribution in [3.05, 3.63) is 59.8 Å². The summed E-state index contributed by atoms with van der Waals surface area (Å²) in [7, 11) is 0. The summed E-state index contributed by atoms with van der Waals surface area (Å²) < 4.78 is 12.7. The Morgan fingerprint density at radius 3 is 2.75 bits per heavy atom. The van der Waals surface area contributed by atoms with Crippen LogP contribution in [-0.2, 0) is 6.54 Å². The van der Waals surface area contributed by atoms with Crippen LogP contribution >= 0.6 is 11.3 Å². The number of nitrogens with zero attached hydrogens (tertiary/aromatic N) is 3. The number of anilines is 1. The highest BCUT2D eigenvalue weighted by Crippen LogP contribution is 2.33. The first kappa shape index (κ1) is 17.1. The SMILES string of the molecule is CC(C)c1ccc(-c2cnc3sc(NCc4ccc5c(c4)OCO5)nn23)cc1. The fourth-order valence-corrected chi connectivity index (χ4v) is 4.00. The maximum absolute atomic E-state index is 5.44. The number of fused-ring (bicyclic) bond motifs is 2. The van der Waals surface area contributed by atoms with Gasteiger partial charge in [0.25, 0.3) is 0 Å². The van der Waals surface area contributed by atoms with E-state index in [1.807, 2.05) is 28.9 Å². The monoisotopic (exact) mass is 392 g/mol. The molecule has 0 atom stereocenters.